The van der Waals surface area contributed by atoms with E-state index >= 15 is 0 Å². The Labute approximate surface area is 115 Å². The summed E-state index contributed by atoms with van der Waals surface area (Å²) in [5.41, 5.74) is 0. The van der Waals surface area contributed by atoms with Gasteiger partial charge in [0.05, 0.1) is 0 Å². The molecule has 1 saturated carbocycles. The predicted molar refractivity (Wildman–Crippen MR) is 79.2 cm³/mol. The molecule has 0 saturated heterocycles. The average molecular weight is 267 g/mol. The van der Waals surface area contributed by atoms with Crippen LogP contribution in [0.25, 0.3) is 0 Å². The first-order chi connectivity index (χ1) is 8.81. The van der Waals surface area contributed by atoms with E-state index < -0.39 is 0 Å². The van der Waals surface area contributed by atoms with Crippen LogP contribution in [0.15, 0.2) is 6.20 Å². The first-order valence-electron chi connectivity index (χ1n) is 7.22. The number of rotatable bonds is 8. The monoisotopic (exact) mass is 267 g/mol. The summed E-state index contributed by atoms with van der Waals surface area (Å²) in [6, 6.07) is 0. The number of aromatic nitrogens is 1. The van der Waals surface area contributed by atoms with E-state index in [2.05, 4.69) is 29.0 Å². The summed E-state index contributed by atoms with van der Waals surface area (Å²) >= 11 is 1.81. The molecule has 0 radical (unpaired) electrons. The second-order valence-electron chi connectivity index (χ2n) is 5.18. The highest BCUT2D eigenvalue weighted by Crippen LogP contribution is 2.28. The summed E-state index contributed by atoms with van der Waals surface area (Å²) in [7, 11) is 0. The summed E-state index contributed by atoms with van der Waals surface area (Å²) < 4.78 is 0. The van der Waals surface area contributed by atoms with E-state index in [1.165, 1.54) is 30.7 Å². The van der Waals surface area contributed by atoms with Gasteiger partial charge in [0, 0.05) is 30.7 Å². The van der Waals surface area contributed by atoms with Gasteiger partial charge in [-0.25, -0.2) is 4.98 Å². The lowest BCUT2D eigenvalue weighted by Gasteiger charge is -2.31. The zero-order valence-electron chi connectivity index (χ0n) is 11.6. The molecule has 1 heterocycles. The van der Waals surface area contributed by atoms with Gasteiger partial charge < -0.3 is 5.32 Å². The lowest BCUT2D eigenvalue weighted by Crippen LogP contribution is -2.31. The van der Waals surface area contributed by atoms with Crippen molar-refractivity contribution in [2.75, 3.05) is 25.0 Å². The maximum atomic E-state index is 4.44. The van der Waals surface area contributed by atoms with E-state index in [4.69, 9.17) is 0 Å². The van der Waals surface area contributed by atoms with Crippen molar-refractivity contribution in [2.45, 2.75) is 46.1 Å². The van der Waals surface area contributed by atoms with Gasteiger partial charge in [-0.15, -0.1) is 11.3 Å². The maximum Gasteiger partial charge on any atom is 0.182 e. The molecule has 102 valence electrons. The van der Waals surface area contributed by atoms with Crippen LogP contribution in [-0.2, 0) is 6.54 Å². The van der Waals surface area contributed by atoms with Crippen LogP contribution in [0.5, 0.6) is 0 Å². The number of hydrogen-bond donors (Lipinski definition) is 1. The molecule has 0 aromatic carbocycles. The fourth-order valence-electron chi connectivity index (χ4n) is 2.26. The van der Waals surface area contributed by atoms with Crippen LogP contribution in [0, 0.1) is 5.92 Å². The fraction of sp³-hybridized carbons (Fsp3) is 0.786. The fourth-order valence-corrected chi connectivity index (χ4v) is 3.14. The number of anilines is 1. The van der Waals surface area contributed by atoms with E-state index in [1.54, 1.807) is 11.3 Å². The minimum Gasteiger partial charge on any atom is -0.362 e. The highest BCUT2D eigenvalue weighted by Gasteiger charge is 2.20. The SMILES string of the molecule is CCCNc1ncc(CN(CC)CC2CCC2)s1. The lowest BCUT2D eigenvalue weighted by molar-refractivity contribution is 0.179. The van der Waals surface area contributed by atoms with E-state index in [1.807, 2.05) is 6.20 Å². The third kappa shape index (κ3) is 3.95. The minimum absolute atomic E-state index is 0.954. The van der Waals surface area contributed by atoms with Crippen LogP contribution in [0.4, 0.5) is 5.13 Å². The summed E-state index contributed by atoms with van der Waals surface area (Å²) in [4.78, 5) is 8.38. The number of nitrogens with zero attached hydrogens (tertiary/aromatic N) is 2. The zero-order chi connectivity index (χ0) is 12.8. The van der Waals surface area contributed by atoms with Crippen molar-refractivity contribution >= 4 is 16.5 Å². The lowest BCUT2D eigenvalue weighted by atomic mass is 9.85. The largest absolute Gasteiger partial charge is 0.362 e. The van der Waals surface area contributed by atoms with Gasteiger partial charge in [0.2, 0.25) is 0 Å². The Kier molecular flexibility index (Phi) is 5.45. The minimum atomic E-state index is 0.954. The third-order valence-electron chi connectivity index (χ3n) is 3.65. The number of thiazole rings is 1. The van der Waals surface area contributed by atoms with E-state index in [9.17, 15) is 0 Å². The van der Waals surface area contributed by atoms with Gasteiger partial charge in [-0.05, 0) is 31.7 Å². The van der Waals surface area contributed by atoms with Crippen molar-refractivity contribution in [1.82, 2.24) is 9.88 Å². The van der Waals surface area contributed by atoms with Gasteiger partial charge >= 0.3 is 0 Å². The summed E-state index contributed by atoms with van der Waals surface area (Å²) in [5.74, 6) is 0.954. The molecule has 1 aromatic rings. The molecule has 4 heteroatoms. The number of hydrogen-bond acceptors (Lipinski definition) is 4. The van der Waals surface area contributed by atoms with E-state index in [-0.39, 0.29) is 0 Å². The molecule has 0 bridgehead atoms. The molecule has 1 fully saturated rings. The molecule has 3 nitrogen and oxygen atoms in total. The molecular formula is C14H25N3S. The highest BCUT2D eigenvalue weighted by atomic mass is 32.1. The Morgan fingerprint density at radius 1 is 1.44 bits per heavy atom. The van der Waals surface area contributed by atoms with E-state index in [0.29, 0.717) is 0 Å². The van der Waals surface area contributed by atoms with Crippen molar-refractivity contribution in [3.05, 3.63) is 11.1 Å². The third-order valence-corrected chi connectivity index (χ3v) is 4.59. The summed E-state index contributed by atoms with van der Waals surface area (Å²) in [6.45, 7) is 8.94. The van der Waals surface area contributed by atoms with Crippen LogP contribution in [0.2, 0.25) is 0 Å². The predicted octanol–water partition coefficient (Wildman–Crippen LogP) is 3.59. The van der Waals surface area contributed by atoms with Crippen LogP contribution in [0.3, 0.4) is 0 Å². The molecule has 2 rings (SSSR count). The Morgan fingerprint density at radius 2 is 2.28 bits per heavy atom. The van der Waals surface area contributed by atoms with Crippen LogP contribution < -0.4 is 5.32 Å². The normalized spacial score (nSPS) is 15.9. The maximum absolute atomic E-state index is 4.44. The van der Waals surface area contributed by atoms with Crippen LogP contribution >= 0.6 is 11.3 Å². The second kappa shape index (κ2) is 7.10. The van der Waals surface area contributed by atoms with Crippen LogP contribution in [0.1, 0.15) is 44.4 Å². The van der Waals surface area contributed by atoms with Crippen molar-refractivity contribution in [1.29, 1.82) is 0 Å². The van der Waals surface area contributed by atoms with Gasteiger partial charge in [0.25, 0.3) is 0 Å². The Morgan fingerprint density at radius 3 is 2.89 bits per heavy atom. The zero-order valence-corrected chi connectivity index (χ0v) is 12.4. The van der Waals surface area contributed by atoms with Gasteiger partial charge in [-0.1, -0.05) is 20.3 Å². The number of nitrogens with one attached hydrogen (secondary N) is 1. The Bertz CT molecular complexity index is 347. The smallest absolute Gasteiger partial charge is 0.182 e. The van der Waals surface area contributed by atoms with Crippen molar-refractivity contribution < 1.29 is 0 Å². The second-order valence-corrected chi connectivity index (χ2v) is 6.30. The molecule has 1 aromatic heterocycles. The van der Waals surface area contributed by atoms with Crippen molar-refractivity contribution in [2.24, 2.45) is 5.92 Å². The van der Waals surface area contributed by atoms with E-state index in [0.717, 1.165) is 37.1 Å². The quantitative estimate of drug-likeness (QED) is 0.780. The molecule has 1 aliphatic rings. The molecule has 18 heavy (non-hydrogen) atoms. The molecule has 0 spiro atoms. The first kappa shape index (κ1) is 13.8. The topological polar surface area (TPSA) is 28.2 Å². The van der Waals surface area contributed by atoms with Crippen molar-refractivity contribution in [3.8, 4) is 0 Å². The standard InChI is InChI=1S/C14H25N3S/c1-3-8-15-14-16-9-13(18-14)11-17(4-2)10-12-6-5-7-12/h9,12H,3-8,10-11H2,1-2H3,(H,15,16). The van der Waals surface area contributed by atoms with Crippen LogP contribution in [-0.4, -0.2) is 29.5 Å². The molecular weight excluding hydrogens is 242 g/mol. The first-order valence-corrected chi connectivity index (χ1v) is 8.04. The Balaban J connectivity index is 1.80. The molecule has 0 amide bonds. The summed E-state index contributed by atoms with van der Waals surface area (Å²) in [5, 5.41) is 4.43. The molecule has 0 aliphatic heterocycles. The highest BCUT2D eigenvalue weighted by molar-refractivity contribution is 7.15. The molecule has 0 unspecified atom stereocenters. The van der Waals surface area contributed by atoms with Crippen molar-refractivity contribution in [3.63, 3.8) is 0 Å². The Hall–Kier alpha value is -0.610. The van der Waals surface area contributed by atoms with Gasteiger partial charge in [0.15, 0.2) is 5.13 Å². The van der Waals surface area contributed by atoms with Gasteiger partial charge in [-0.2, -0.15) is 0 Å². The summed E-state index contributed by atoms with van der Waals surface area (Å²) in [6.07, 6.45) is 7.49. The average Bonchev–Trinajstić information content (AvgIpc) is 2.77. The molecule has 1 aliphatic carbocycles. The molecule has 1 N–H and O–H groups in total. The van der Waals surface area contributed by atoms with Gasteiger partial charge in [0.1, 0.15) is 0 Å². The molecule has 0 atom stereocenters. The van der Waals surface area contributed by atoms with Gasteiger partial charge in [-0.3, -0.25) is 4.90 Å².